The maximum Gasteiger partial charge on any atom is 0.257 e. The molecule has 0 aromatic carbocycles. The first kappa shape index (κ1) is 13.1. The van der Waals surface area contributed by atoms with E-state index >= 15 is 0 Å². The summed E-state index contributed by atoms with van der Waals surface area (Å²) >= 11 is 0. The number of aliphatic hydroxyl groups excluding tert-OH is 1. The average molecular weight is 252 g/mol. The predicted octanol–water partition coefficient (Wildman–Crippen LogP) is 1.75. The highest BCUT2D eigenvalue weighted by Crippen LogP contribution is 2.32. The van der Waals surface area contributed by atoms with Crippen LogP contribution in [0.5, 0.6) is 0 Å². The number of hydrogen-bond acceptors (Lipinski definition) is 4. The van der Waals surface area contributed by atoms with Crippen LogP contribution in [0.1, 0.15) is 60.8 Å². The quantitative estimate of drug-likeness (QED) is 0.856. The third kappa shape index (κ3) is 2.14. The van der Waals surface area contributed by atoms with Gasteiger partial charge in [-0.1, -0.05) is 19.0 Å². The Kier molecular flexibility index (Phi) is 3.43. The Morgan fingerprint density at radius 1 is 1.56 bits per heavy atom. The van der Waals surface area contributed by atoms with E-state index in [1.165, 1.54) is 0 Å². The molecule has 1 fully saturated rings. The van der Waals surface area contributed by atoms with E-state index in [0.717, 1.165) is 19.3 Å². The number of aliphatic hydroxyl groups is 1. The molecule has 18 heavy (non-hydrogen) atoms. The van der Waals surface area contributed by atoms with Gasteiger partial charge in [-0.15, -0.1) is 0 Å². The number of carbonyl (C=O) groups excluding carboxylic acids is 1. The summed E-state index contributed by atoms with van der Waals surface area (Å²) in [6, 6.07) is 0. The molecule has 5 nitrogen and oxygen atoms in total. The molecule has 5 heteroatoms. The van der Waals surface area contributed by atoms with Gasteiger partial charge < -0.3 is 14.9 Å². The van der Waals surface area contributed by atoms with Crippen LogP contribution in [0.15, 0.2) is 4.52 Å². The zero-order valence-electron chi connectivity index (χ0n) is 11.1. The van der Waals surface area contributed by atoms with Crippen LogP contribution in [-0.4, -0.2) is 28.3 Å². The number of aromatic nitrogens is 1. The zero-order valence-corrected chi connectivity index (χ0v) is 11.1. The molecule has 1 heterocycles. The van der Waals surface area contributed by atoms with Gasteiger partial charge in [0.15, 0.2) is 5.76 Å². The molecule has 1 aromatic heterocycles. The molecule has 0 saturated heterocycles. The second kappa shape index (κ2) is 4.72. The first-order valence-electron chi connectivity index (χ1n) is 6.38. The van der Waals surface area contributed by atoms with Crippen molar-refractivity contribution in [1.82, 2.24) is 10.5 Å². The van der Waals surface area contributed by atoms with Crippen molar-refractivity contribution in [1.29, 1.82) is 0 Å². The number of nitrogens with zero attached hydrogens (tertiary/aromatic N) is 1. The highest BCUT2D eigenvalue weighted by Gasteiger charge is 2.39. The average Bonchev–Trinajstić information content (AvgIpc) is 2.65. The fourth-order valence-corrected chi connectivity index (χ4v) is 2.29. The van der Waals surface area contributed by atoms with E-state index in [-0.39, 0.29) is 18.4 Å². The number of aryl methyl sites for hydroxylation is 1. The Balaban J connectivity index is 2.21. The molecule has 0 unspecified atom stereocenters. The topological polar surface area (TPSA) is 75.4 Å². The minimum Gasteiger partial charge on any atom is -0.394 e. The highest BCUT2D eigenvalue weighted by atomic mass is 16.5. The fraction of sp³-hybridized carbons (Fsp3) is 0.692. The van der Waals surface area contributed by atoms with Crippen LogP contribution >= 0.6 is 0 Å². The summed E-state index contributed by atoms with van der Waals surface area (Å²) in [5.74, 6) is 0.530. The van der Waals surface area contributed by atoms with E-state index in [2.05, 4.69) is 10.5 Å². The summed E-state index contributed by atoms with van der Waals surface area (Å²) in [4.78, 5) is 12.3. The van der Waals surface area contributed by atoms with Crippen LogP contribution in [0.3, 0.4) is 0 Å². The molecule has 1 aromatic rings. The highest BCUT2D eigenvalue weighted by molar-refractivity contribution is 5.96. The van der Waals surface area contributed by atoms with Crippen molar-refractivity contribution >= 4 is 5.91 Å². The van der Waals surface area contributed by atoms with Crippen LogP contribution in [0.2, 0.25) is 0 Å². The lowest BCUT2D eigenvalue weighted by molar-refractivity contribution is 0.0639. The number of amides is 1. The Morgan fingerprint density at radius 2 is 2.22 bits per heavy atom. The van der Waals surface area contributed by atoms with Crippen LogP contribution in [0.25, 0.3) is 0 Å². The fourth-order valence-electron chi connectivity index (χ4n) is 2.29. The van der Waals surface area contributed by atoms with Crippen LogP contribution in [-0.2, 0) is 0 Å². The van der Waals surface area contributed by atoms with Gasteiger partial charge in [-0.3, -0.25) is 4.79 Å². The van der Waals surface area contributed by atoms with Crippen molar-refractivity contribution in [2.75, 3.05) is 6.61 Å². The number of nitrogens with one attached hydrogen (secondary N) is 1. The lowest BCUT2D eigenvalue weighted by Crippen LogP contribution is -2.56. The van der Waals surface area contributed by atoms with Gasteiger partial charge in [-0.25, -0.2) is 0 Å². The standard InChI is InChI=1S/C13H20N2O3/c1-8(2)11-10(9(3)15-18-11)12(17)14-13(7-16)5-4-6-13/h8,16H,4-7H2,1-3H3,(H,14,17). The summed E-state index contributed by atoms with van der Waals surface area (Å²) in [6.45, 7) is 5.67. The van der Waals surface area contributed by atoms with Crippen molar-refractivity contribution in [2.24, 2.45) is 0 Å². The largest absolute Gasteiger partial charge is 0.394 e. The second-order valence-corrected chi connectivity index (χ2v) is 5.41. The van der Waals surface area contributed by atoms with Gasteiger partial charge in [0.25, 0.3) is 5.91 Å². The normalized spacial score (nSPS) is 17.6. The van der Waals surface area contributed by atoms with E-state index < -0.39 is 5.54 Å². The third-order valence-corrected chi connectivity index (χ3v) is 3.63. The SMILES string of the molecule is Cc1noc(C(C)C)c1C(=O)NC1(CO)CCC1. The van der Waals surface area contributed by atoms with Crippen LogP contribution in [0, 0.1) is 6.92 Å². The Morgan fingerprint density at radius 3 is 2.67 bits per heavy atom. The van der Waals surface area contributed by atoms with Gasteiger partial charge in [0.2, 0.25) is 0 Å². The lowest BCUT2D eigenvalue weighted by atomic mass is 9.77. The molecule has 0 radical (unpaired) electrons. The van der Waals surface area contributed by atoms with E-state index in [9.17, 15) is 9.90 Å². The number of hydrogen-bond donors (Lipinski definition) is 2. The maximum absolute atomic E-state index is 12.3. The summed E-state index contributed by atoms with van der Waals surface area (Å²) in [6.07, 6.45) is 2.70. The summed E-state index contributed by atoms with van der Waals surface area (Å²) < 4.78 is 5.20. The molecule has 1 aliphatic rings. The number of carbonyl (C=O) groups is 1. The van der Waals surface area contributed by atoms with Crippen molar-refractivity contribution in [2.45, 2.75) is 51.5 Å². The summed E-state index contributed by atoms with van der Waals surface area (Å²) in [5.41, 5.74) is 0.683. The molecule has 2 rings (SSSR count). The van der Waals surface area contributed by atoms with Gasteiger partial charge in [0, 0.05) is 5.92 Å². The molecule has 0 atom stereocenters. The van der Waals surface area contributed by atoms with Crippen molar-refractivity contribution in [3.63, 3.8) is 0 Å². The molecule has 0 aliphatic heterocycles. The predicted molar refractivity (Wildman–Crippen MR) is 66.5 cm³/mol. The van der Waals surface area contributed by atoms with Crippen molar-refractivity contribution in [3.8, 4) is 0 Å². The van der Waals surface area contributed by atoms with Gasteiger partial charge >= 0.3 is 0 Å². The van der Waals surface area contributed by atoms with Crippen molar-refractivity contribution in [3.05, 3.63) is 17.0 Å². The molecule has 2 N–H and O–H groups in total. The molecule has 100 valence electrons. The van der Waals surface area contributed by atoms with Gasteiger partial charge in [-0.05, 0) is 26.2 Å². The summed E-state index contributed by atoms with van der Waals surface area (Å²) in [5, 5.41) is 16.2. The van der Waals surface area contributed by atoms with E-state index in [0.29, 0.717) is 17.0 Å². The van der Waals surface area contributed by atoms with E-state index in [4.69, 9.17) is 4.52 Å². The first-order valence-corrected chi connectivity index (χ1v) is 6.38. The molecule has 1 aliphatic carbocycles. The number of rotatable bonds is 4. The van der Waals surface area contributed by atoms with Crippen molar-refractivity contribution < 1.29 is 14.4 Å². The van der Waals surface area contributed by atoms with Gasteiger partial charge in [0.1, 0.15) is 5.56 Å². The molecule has 0 spiro atoms. The smallest absolute Gasteiger partial charge is 0.257 e. The van der Waals surface area contributed by atoms with Gasteiger partial charge in [0.05, 0.1) is 17.8 Å². The zero-order chi connectivity index (χ0) is 13.3. The van der Waals surface area contributed by atoms with E-state index in [1.54, 1.807) is 6.92 Å². The Hall–Kier alpha value is -1.36. The molecular formula is C13H20N2O3. The molecule has 0 bridgehead atoms. The minimum atomic E-state index is -0.435. The minimum absolute atomic E-state index is 0.0138. The van der Waals surface area contributed by atoms with Gasteiger partial charge in [-0.2, -0.15) is 0 Å². The van der Waals surface area contributed by atoms with Crippen LogP contribution in [0.4, 0.5) is 0 Å². The third-order valence-electron chi connectivity index (χ3n) is 3.63. The van der Waals surface area contributed by atoms with Crippen LogP contribution < -0.4 is 5.32 Å². The van der Waals surface area contributed by atoms with E-state index in [1.807, 2.05) is 13.8 Å². The first-order chi connectivity index (χ1) is 8.49. The molecule has 1 saturated carbocycles. The lowest BCUT2D eigenvalue weighted by Gasteiger charge is -2.40. The monoisotopic (exact) mass is 252 g/mol. The summed E-state index contributed by atoms with van der Waals surface area (Å²) in [7, 11) is 0. The maximum atomic E-state index is 12.3. The second-order valence-electron chi connectivity index (χ2n) is 5.41. The Labute approximate surface area is 107 Å². The molecular weight excluding hydrogens is 232 g/mol. The molecule has 1 amide bonds. The Bertz CT molecular complexity index is 442.